The number of aryl methyl sites for hydroxylation is 1. The molecule has 17 heteroatoms. The van der Waals surface area contributed by atoms with Crippen LogP contribution in [0, 0.1) is 28.1 Å². The van der Waals surface area contributed by atoms with Crippen LogP contribution in [0.15, 0.2) is 53.1 Å². The number of aliphatic hydroxyl groups excluding tert-OH is 1. The molecule has 394 valence electrons. The van der Waals surface area contributed by atoms with Crippen molar-refractivity contribution in [3.05, 3.63) is 64.2 Å². The number of esters is 1. The summed E-state index contributed by atoms with van der Waals surface area (Å²) in [4.78, 5) is 97.5. The number of aliphatic carboxylic acids is 1. The number of hydrogen-bond donors (Lipinski definition) is 4. The Kier molecular flexibility index (Phi) is 17.8. The number of thioether (sulfide) groups is 1. The number of nitrogens with zero attached hydrogens (tertiary/aromatic N) is 2. The molecule has 3 amide bonds. The molecule has 4 aliphatic rings. The van der Waals surface area contributed by atoms with E-state index in [1.807, 2.05) is 45.9 Å². The highest BCUT2D eigenvalue weighted by Crippen LogP contribution is 2.52. The molecule has 0 unspecified atom stereocenters. The van der Waals surface area contributed by atoms with Crippen LogP contribution >= 0.6 is 11.8 Å². The Morgan fingerprint density at radius 3 is 2.31 bits per heavy atom. The second-order valence-corrected chi connectivity index (χ2v) is 23.6. The smallest absolute Gasteiger partial charge is 0.353 e. The van der Waals surface area contributed by atoms with Crippen LogP contribution in [0.3, 0.4) is 0 Å². The topological polar surface area (TPSA) is 218 Å². The Bertz CT molecular complexity index is 2430. The first-order valence-corrected chi connectivity index (χ1v) is 26.3. The number of rotatable bonds is 23. The number of hydrogen-bond acceptors (Lipinski definition) is 13. The molecule has 0 aliphatic carbocycles. The van der Waals surface area contributed by atoms with Gasteiger partial charge in [-0.15, -0.1) is 11.8 Å². The van der Waals surface area contributed by atoms with Gasteiger partial charge in [0.25, 0.3) is 5.91 Å². The predicted molar refractivity (Wildman–Crippen MR) is 274 cm³/mol. The largest absolute Gasteiger partial charge is 0.493 e. The lowest BCUT2D eigenvalue weighted by atomic mass is 9.73. The highest BCUT2D eigenvalue weighted by atomic mass is 32.2. The Balaban J connectivity index is 1.09. The molecule has 4 heterocycles. The minimum absolute atomic E-state index is 0.0450. The van der Waals surface area contributed by atoms with Crippen LogP contribution in [0.1, 0.15) is 136 Å². The van der Waals surface area contributed by atoms with Crippen molar-refractivity contribution in [2.75, 3.05) is 32.6 Å². The number of ether oxygens (including phenoxy) is 3. The van der Waals surface area contributed by atoms with Crippen LogP contribution in [-0.4, -0.2) is 124 Å². The number of likely N-dealkylation sites (tertiary alicyclic amines) is 1. The molecule has 4 aliphatic heterocycles. The summed E-state index contributed by atoms with van der Waals surface area (Å²) < 4.78 is 17.4. The van der Waals surface area contributed by atoms with E-state index >= 15 is 0 Å². The third kappa shape index (κ3) is 12.4. The van der Waals surface area contributed by atoms with Gasteiger partial charge in [0.15, 0.2) is 17.3 Å². The molecule has 2 aromatic carbocycles. The van der Waals surface area contributed by atoms with Gasteiger partial charge in [0, 0.05) is 51.2 Å². The number of aliphatic hydroxyl groups is 1. The fourth-order valence-electron chi connectivity index (χ4n) is 10.5. The molecule has 4 N–H and O–H groups in total. The van der Waals surface area contributed by atoms with Crippen molar-refractivity contribution in [2.45, 2.75) is 162 Å². The summed E-state index contributed by atoms with van der Waals surface area (Å²) >= 11 is 1.37. The van der Waals surface area contributed by atoms with Crippen molar-refractivity contribution in [2.24, 2.45) is 28.1 Å². The van der Waals surface area contributed by atoms with E-state index in [1.165, 1.54) is 21.6 Å². The van der Waals surface area contributed by atoms with Crippen molar-refractivity contribution in [1.29, 1.82) is 0 Å². The molecule has 0 radical (unpaired) electrons. The van der Waals surface area contributed by atoms with Crippen molar-refractivity contribution in [3.8, 4) is 11.5 Å². The zero-order valence-electron chi connectivity index (χ0n) is 43.9. The molecule has 8 atom stereocenters. The van der Waals surface area contributed by atoms with E-state index in [0.717, 1.165) is 12.0 Å². The van der Waals surface area contributed by atoms with Gasteiger partial charge < -0.3 is 44.9 Å². The third-order valence-electron chi connectivity index (χ3n) is 15.4. The quantitative estimate of drug-likeness (QED) is 0.0365. The SMILES string of the molecule is CCC(C)(C)C(=O)C(=O)N1CCCC[C@H]1C(=O)O[C@H](CCc1ccc(OC)c(OC)c1)CC(C)(C)CCC(C)(C)C(=O)c1cccc(NC(=O)[C@@H]2C[C@H](SC3=C(C(=O)O)N4C(=O)[C@H]([C@@H](C)O)[C@H]4[C@H]3C)CN2)c1. The lowest BCUT2D eigenvalue weighted by Gasteiger charge is -2.46. The monoisotopic (exact) mass is 1020 g/mol. The number of β-lactam (4-membered cyclic amide) rings is 1. The number of ketones is 2. The number of amides is 3. The van der Waals surface area contributed by atoms with Crippen LogP contribution < -0.4 is 20.1 Å². The van der Waals surface area contributed by atoms with Gasteiger partial charge in [0.1, 0.15) is 17.8 Å². The van der Waals surface area contributed by atoms with Gasteiger partial charge in [-0.25, -0.2) is 9.59 Å². The normalized spacial score (nSPS) is 23.2. The maximum Gasteiger partial charge on any atom is 0.353 e. The standard InChI is InChI=1S/C55H76N4O12S/c1-12-54(6,7)47(62)50(65)58-25-14-13-18-39(58)52(68)71-36(21-19-33-20-22-40(69-10)41(26-33)70-11)29-53(4,5)23-24-55(8,9)46(61)34-16-15-17-35(27-34)57-48(63)38-28-37(30-56-38)72-45-31(2)43-42(32(3)60)49(64)59(43)44(45)51(66)67/h15-17,20,22,26-27,31-32,36-39,42-43,56,60H,12-14,18-19,21,23-25,28-30H2,1-11H3,(H,57,63)(H,66,67)/t31-,32-,36-,37+,38+,39+,42-,43-/m1/s1. The van der Waals surface area contributed by atoms with E-state index < -0.39 is 82.0 Å². The van der Waals surface area contributed by atoms with Crippen LogP contribution in [-0.2, 0) is 39.9 Å². The van der Waals surface area contributed by atoms with Gasteiger partial charge in [-0.1, -0.05) is 73.6 Å². The number of carboxylic acid groups (broad SMARTS) is 1. The number of anilines is 1. The molecule has 2 aromatic rings. The van der Waals surface area contributed by atoms with Crippen LogP contribution in [0.5, 0.6) is 11.5 Å². The third-order valence-corrected chi connectivity index (χ3v) is 17.0. The van der Waals surface area contributed by atoms with Crippen molar-refractivity contribution in [1.82, 2.24) is 15.1 Å². The van der Waals surface area contributed by atoms with Crippen LogP contribution in [0.25, 0.3) is 0 Å². The summed E-state index contributed by atoms with van der Waals surface area (Å²) in [6.07, 6.45) is 3.85. The Hall–Kier alpha value is -5.26. The molecule has 72 heavy (non-hydrogen) atoms. The number of methoxy groups -OCH3 is 2. The fraction of sp³-hybridized carbons (Fsp3) is 0.618. The fourth-order valence-corrected chi connectivity index (χ4v) is 12.0. The molecule has 16 nitrogen and oxygen atoms in total. The van der Waals surface area contributed by atoms with Crippen molar-refractivity contribution in [3.63, 3.8) is 0 Å². The number of fused-ring (bicyclic) bond motifs is 1. The average Bonchev–Trinajstić information content (AvgIpc) is 3.92. The van der Waals surface area contributed by atoms with Crippen molar-refractivity contribution < 1.29 is 58.0 Å². The zero-order chi connectivity index (χ0) is 53.0. The highest BCUT2D eigenvalue weighted by Gasteiger charge is 2.60. The van der Waals surface area contributed by atoms with Gasteiger partial charge in [0.2, 0.25) is 17.6 Å². The van der Waals surface area contributed by atoms with Gasteiger partial charge in [-0.3, -0.25) is 24.0 Å². The summed E-state index contributed by atoms with van der Waals surface area (Å²) in [5.74, 6) is -3.41. The predicted octanol–water partition coefficient (Wildman–Crippen LogP) is 7.60. The molecule has 0 aromatic heterocycles. The van der Waals surface area contributed by atoms with Gasteiger partial charge in [-0.2, -0.15) is 0 Å². The average molecular weight is 1020 g/mol. The first kappa shape index (κ1) is 56.0. The number of carboxylic acids is 1. The Morgan fingerprint density at radius 1 is 0.944 bits per heavy atom. The molecular weight excluding hydrogens is 941 g/mol. The van der Waals surface area contributed by atoms with E-state index in [0.29, 0.717) is 98.5 Å². The van der Waals surface area contributed by atoms with Crippen LogP contribution in [0.4, 0.5) is 5.69 Å². The second-order valence-electron chi connectivity index (χ2n) is 22.2. The molecule has 0 saturated carbocycles. The molecule has 6 rings (SSSR count). The summed E-state index contributed by atoms with van der Waals surface area (Å²) in [6.45, 7) is 17.5. The minimum atomic E-state index is -1.19. The number of piperidine rings is 1. The maximum atomic E-state index is 14.3. The second kappa shape index (κ2) is 22.9. The van der Waals surface area contributed by atoms with E-state index in [2.05, 4.69) is 24.5 Å². The van der Waals surface area contributed by atoms with Gasteiger partial charge >= 0.3 is 11.9 Å². The highest BCUT2D eigenvalue weighted by molar-refractivity contribution is 8.03. The zero-order valence-corrected chi connectivity index (χ0v) is 44.7. The summed E-state index contributed by atoms with van der Waals surface area (Å²) in [5, 5.41) is 26.4. The van der Waals surface area contributed by atoms with Gasteiger partial charge in [-0.05, 0) is 106 Å². The molecule has 3 fully saturated rings. The van der Waals surface area contributed by atoms with E-state index in [9.17, 15) is 43.8 Å². The Labute approximate surface area is 428 Å². The van der Waals surface area contributed by atoms with Crippen LogP contribution in [0.2, 0.25) is 0 Å². The van der Waals surface area contributed by atoms with Crippen molar-refractivity contribution >= 4 is 58.7 Å². The van der Waals surface area contributed by atoms with E-state index in [1.54, 1.807) is 59.3 Å². The molecule has 0 bridgehead atoms. The number of carbonyl (C=O) groups is 7. The summed E-state index contributed by atoms with van der Waals surface area (Å²) in [7, 11) is 3.15. The lowest BCUT2D eigenvalue weighted by molar-refractivity contribution is -0.165. The summed E-state index contributed by atoms with van der Waals surface area (Å²) in [5.41, 5.74) is -0.276. The summed E-state index contributed by atoms with van der Waals surface area (Å²) in [6, 6.07) is 10.7. The first-order valence-electron chi connectivity index (χ1n) is 25.5. The number of Topliss-reactive ketones (excluding diaryl/α,β-unsaturated/α-hetero) is 2. The molecule has 0 spiro atoms. The maximum absolute atomic E-state index is 14.3. The number of benzene rings is 2. The minimum Gasteiger partial charge on any atom is -0.493 e. The first-order chi connectivity index (χ1) is 33.8. The van der Waals surface area contributed by atoms with E-state index in [-0.39, 0.29) is 28.6 Å². The van der Waals surface area contributed by atoms with E-state index in [4.69, 9.17) is 14.2 Å². The molecular formula is C55H76N4O12S. The lowest BCUT2D eigenvalue weighted by Crippen LogP contribution is -2.63. The van der Waals surface area contributed by atoms with Gasteiger partial charge in [0.05, 0.1) is 38.3 Å². The molecule has 3 saturated heterocycles. The Morgan fingerprint density at radius 2 is 1.65 bits per heavy atom. The number of nitrogens with one attached hydrogen (secondary N) is 2. The number of carbonyl (C=O) groups excluding carboxylic acids is 6.